The molecule has 8 heteroatoms. The normalized spacial score (nSPS) is 12.3. The van der Waals surface area contributed by atoms with E-state index in [1.54, 1.807) is 24.3 Å². The van der Waals surface area contributed by atoms with Crippen molar-refractivity contribution in [3.05, 3.63) is 76.9 Å². The molecule has 0 bridgehead atoms. The molecule has 0 aliphatic rings. The molecule has 3 rings (SSSR count). The number of benzene rings is 2. The molecule has 3 aromatic rings. The summed E-state index contributed by atoms with van der Waals surface area (Å²) in [6.45, 7) is 3.36. The molecule has 174 valence electrons. The Morgan fingerprint density at radius 2 is 1.82 bits per heavy atom. The minimum Gasteiger partial charge on any atom is -0.483 e. The van der Waals surface area contributed by atoms with Crippen molar-refractivity contribution in [2.24, 2.45) is 0 Å². The van der Waals surface area contributed by atoms with Gasteiger partial charge in [0.05, 0.1) is 22.0 Å². The van der Waals surface area contributed by atoms with Crippen molar-refractivity contribution < 1.29 is 27.4 Å². The van der Waals surface area contributed by atoms with Gasteiger partial charge in [0.1, 0.15) is 17.6 Å². The molecule has 1 heterocycles. The highest BCUT2D eigenvalue weighted by Crippen LogP contribution is 2.35. The lowest BCUT2D eigenvalue weighted by molar-refractivity contribution is -0.137. The van der Waals surface area contributed by atoms with Crippen LogP contribution in [0.3, 0.4) is 0 Å². The van der Waals surface area contributed by atoms with Crippen molar-refractivity contribution in [2.45, 2.75) is 45.4 Å². The smallest absolute Gasteiger partial charge is 0.416 e. The number of unbranched alkanes of at least 4 members (excludes halogenated alkanes) is 1. The molecule has 0 radical (unpaired) electrons. The third-order valence-electron chi connectivity index (χ3n) is 4.86. The summed E-state index contributed by atoms with van der Waals surface area (Å²) in [6, 6.07) is 15.0. The molecular weight excluding hydrogens is 455 g/mol. The maximum Gasteiger partial charge on any atom is 0.416 e. The number of carbonyl (C=O) groups is 1. The van der Waals surface area contributed by atoms with Gasteiger partial charge < -0.3 is 9.47 Å². The summed E-state index contributed by atoms with van der Waals surface area (Å²) in [5.74, 6) is 0.271. The number of alkyl halides is 3. The van der Waals surface area contributed by atoms with Crippen molar-refractivity contribution in [3.63, 3.8) is 0 Å². The van der Waals surface area contributed by atoms with Crippen LogP contribution in [0.2, 0.25) is 5.02 Å². The first-order valence-electron chi connectivity index (χ1n) is 10.5. The van der Waals surface area contributed by atoms with Gasteiger partial charge in [-0.3, -0.25) is 4.79 Å². The predicted octanol–water partition coefficient (Wildman–Crippen LogP) is 7.66. The van der Waals surface area contributed by atoms with Crippen LogP contribution in [0.25, 0.3) is 11.3 Å². The summed E-state index contributed by atoms with van der Waals surface area (Å²) in [5, 5.41) is 0.286. The Bertz CT molecular complexity index is 1100. The molecule has 0 spiro atoms. The number of nitrogens with zero attached hydrogens (tertiary/aromatic N) is 1. The predicted molar refractivity (Wildman–Crippen MR) is 120 cm³/mol. The Morgan fingerprint density at radius 3 is 2.42 bits per heavy atom. The number of hydrogen-bond donors (Lipinski definition) is 0. The lowest BCUT2D eigenvalue weighted by atomic mass is 10.1. The monoisotopic (exact) mass is 477 g/mol. The highest BCUT2D eigenvalue weighted by atomic mass is 35.5. The molecule has 0 unspecified atom stereocenters. The van der Waals surface area contributed by atoms with Crippen LogP contribution in [-0.2, 0) is 11.0 Å². The van der Waals surface area contributed by atoms with E-state index in [-0.39, 0.29) is 5.02 Å². The summed E-state index contributed by atoms with van der Waals surface area (Å²) in [6.07, 6.45) is -2.33. The fraction of sp³-hybridized carbons (Fsp3) is 0.280. The Labute approximate surface area is 195 Å². The van der Waals surface area contributed by atoms with Gasteiger partial charge in [-0.15, -0.1) is 0 Å². The van der Waals surface area contributed by atoms with E-state index in [0.717, 1.165) is 25.0 Å². The Morgan fingerprint density at radius 1 is 1.09 bits per heavy atom. The Kier molecular flexibility index (Phi) is 7.97. The van der Waals surface area contributed by atoms with Gasteiger partial charge in [-0.1, -0.05) is 43.1 Å². The molecule has 0 saturated heterocycles. The van der Waals surface area contributed by atoms with Gasteiger partial charge in [0.2, 0.25) is 0 Å². The van der Waals surface area contributed by atoms with Gasteiger partial charge in [-0.2, -0.15) is 13.2 Å². The zero-order chi connectivity index (χ0) is 24.0. The first-order valence-corrected chi connectivity index (χ1v) is 10.8. The maximum absolute atomic E-state index is 12.9. The summed E-state index contributed by atoms with van der Waals surface area (Å²) in [4.78, 5) is 15.8. The molecule has 0 aliphatic heterocycles. The van der Waals surface area contributed by atoms with Crippen molar-refractivity contribution in [3.8, 4) is 22.8 Å². The van der Waals surface area contributed by atoms with E-state index in [9.17, 15) is 18.0 Å². The van der Waals surface area contributed by atoms with Crippen LogP contribution >= 0.6 is 11.6 Å². The number of aromatic nitrogens is 1. The molecule has 0 amide bonds. The van der Waals surface area contributed by atoms with E-state index >= 15 is 0 Å². The second-order valence-electron chi connectivity index (χ2n) is 7.46. The van der Waals surface area contributed by atoms with Crippen LogP contribution in [-0.4, -0.2) is 11.0 Å². The van der Waals surface area contributed by atoms with E-state index in [4.69, 9.17) is 21.1 Å². The first-order chi connectivity index (χ1) is 15.7. The third kappa shape index (κ3) is 6.71. The highest BCUT2D eigenvalue weighted by Gasteiger charge is 2.30. The molecule has 2 aromatic carbocycles. The Balaban J connectivity index is 1.87. The van der Waals surface area contributed by atoms with Gasteiger partial charge in [0, 0.05) is 18.6 Å². The number of carbonyl (C=O) groups excluding carboxylic acids is 1. The Hall–Kier alpha value is -3.06. The SMILES string of the molecule is CCCC[C@H](Oc1ccc(OC(C)=O)cc1Cl)c1cccc(-c2ccc(C(F)(F)F)cc2)n1. The van der Waals surface area contributed by atoms with Crippen LogP contribution in [0.1, 0.15) is 50.5 Å². The number of ether oxygens (including phenoxy) is 2. The minimum absolute atomic E-state index is 0.286. The molecule has 1 atom stereocenters. The summed E-state index contributed by atoms with van der Waals surface area (Å²) < 4.78 is 49.8. The summed E-state index contributed by atoms with van der Waals surface area (Å²) in [7, 11) is 0. The largest absolute Gasteiger partial charge is 0.483 e. The third-order valence-corrected chi connectivity index (χ3v) is 5.16. The lowest BCUT2D eigenvalue weighted by Crippen LogP contribution is -2.11. The number of pyridine rings is 1. The molecule has 33 heavy (non-hydrogen) atoms. The van der Waals surface area contributed by atoms with Gasteiger partial charge >= 0.3 is 12.1 Å². The molecular formula is C25H23ClF3NO3. The second-order valence-corrected chi connectivity index (χ2v) is 7.86. The lowest BCUT2D eigenvalue weighted by Gasteiger charge is -2.20. The average Bonchev–Trinajstić information content (AvgIpc) is 2.77. The van der Waals surface area contributed by atoms with Gasteiger partial charge in [-0.25, -0.2) is 4.98 Å². The quantitative estimate of drug-likeness (QED) is 0.247. The fourth-order valence-electron chi connectivity index (χ4n) is 3.24. The standard InChI is InChI=1S/C25H23ClF3NO3/c1-3-4-8-24(33-23-14-13-19(15-20(23)26)32-16(2)31)22-7-5-6-21(30-22)17-9-11-18(12-10-17)25(27,28)29/h5-7,9-15,24H,3-4,8H2,1-2H3/t24-/m0/s1. The second kappa shape index (κ2) is 10.7. The number of esters is 1. The van der Waals surface area contributed by atoms with Crippen LogP contribution in [0.4, 0.5) is 13.2 Å². The highest BCUT2D eigenvalue weighted by molar-refractivity contribution is 6.32. The van der Waals surface area contributed by atoms with Crippen molar-refractivity contribution in [2.75, 3.05) is 0 Å². The zero-order valence-corrected chi connectivity index (χ0v) is 18.9. The average molecular weight is 478 g/mol. The topological polar surface area (TPSA) is 48.4 Å². The fourth-order valence-corrected chi connectivity index (χ4v) is 3.45. The van der Waals surface area contributed by atoms with Gasteiger partial charge in [0.25, 0.3) is 0 Å². The van der Waals surface area contributed by atoms with E-state index in [1.165, 1.54) is 25.1 Å². The van der Waals surface area contributed by atoms with Crippen LogP contribution < -0.4 is 9.47 Å². The van der Waals surface area contributed by atoms with Crippen LogP contribution in [0.15, 0.2) is 60.7 Å². The summed E-state index contributed by atoms with van der Waals surface area (Å²) >= 11 is 6.33. The van der Waals surface area contributed by atoms with Crippen molar-refractivity contribution in [1.82, 2.24) is 4.98 Å². The summed E-state index contributed by atoms with van der Waals surface area (Å²) in [5.41, 5.74) is 1.05. The minimum atomic E-state index is -4.39. The number of hydrogen-bond acceptors (Lipinski definition) is 4. The number of halogens is 4. The molecule has 0 N–H and O–H groups in total. The van der Waals surface area contributed by atoms with Crippen LogP contribution in [0, 0.1) is 0 Å². The van der Waals surface area contributed by atoms with Gasteiger partial charge in [-0.05, 0) is 49.2 Å². The zero-order valence-electron chi connectivity index (χ0n) is 18.2. The maximum atomic E-state index is 12.9. The molecule has 4 nitrogen and oxygen atoms in total. The van der Waals surface area contributed by atoms with E-state index in [0.29, 0.717) is 34.9 Å². The van der Waals surface area contributed by atoms with Crippen LogP contribution in [0.5, 0.6) is 11.5 Å². The molecule has 0 aliphatic carbocycles. The molecule has 0 fully saturated rings. The van der Waals surface area contributed by atoms with E-state index in [1.807, 2.05) is 6.07 Å². The van der Waals surface area contributed by atoms with Gasteiger partial charge in [0.15, 0.2) is 0 Å². The van der Waals surface area contributed by atoms with Crippen molar-refractivity contribution >= 4 is 17.6 Å². The van der Waals surface area contributed by atoms with E-state index < -0.39 is 23.8 Å². The molecule has 1 aromatic heterocycles. The molecule has 0 saturated carbocycles. The van der Waals surface area contributed by atoms with Crippen molar-refractivity contribution in [1.29, 1.82) is 0 Å². The van der Waals surface area contributed by atoms with E-state index in [2.05, 4.69) is 11.9 Å². The number of rotatable bonds is 8. The first kappa shape index (κ1) is 24.6.